The van der Waals surface area contributed by atoms with Gasteiger partial charge in [0.05, 0.1) is 16.7 Å². The smallest absolute Gasteiger partial charge is 0.262 e. The number of carbonyl (C=O) groups is 1. The van der Waals surface area contributed by atoms with Gasteiger partial charge in [0.15, 0.2) is 5.16 Å². The van der Waals surface area contributed by atoms with Crippen LogP contribution in [0.15, 0.2) is 45.9 Å². The van der Waals surface area contributed by atoms with E-state index >= 15 is 0 Å². The first-order valence-corrected chi connectivity index (χ1v) is 11.2. The molecule has 0 aliphatic heterocycles. The zero-order chi connectivity index (χ0) is 19.9. The number of fused-ring (bicyclic) bond motifs is 1. The lowest BCUT2D eigenvalue weighted by Gasteiger charge is -2.16. The maximum absolute atomic E-state index is 13.1. The molecule has 0 radical (unpaired) electrons. The van der Waals surface area contributed by atoms with Gasteiger partial charge in [0.25, 0.3) is 5.56 Å². The van der Waals surface area contributed by atoms with E-state index in [0.717, 1.165) is 25.7 Å². The molecule has 6 heteroatoms. The molecule has 0 saturated heterocycles. The van der Waals surface area contributed by atoms with Gasteiger partial charge in [0.2, 0.25) is 5.91 Å². The Labute approximate surface area is 170 Å². The summed E-state index contributed by atoms with van der Waals surface area (Å²) in [6.07, 6.45) is 8.82. The minimum atomic E-state index is -0.0247. The second-order valence-corrected chi connectivity index (χ2v) is 8.33. The van der Waals surface area contributed by atoms with E-state index in [1.165, 1.54) is 30.2 Å². The van der Waals surface area contributed by atoms with E-state index in [4.69, 9.17) is 4.98 Å². The van der Waals surface area contributed by atoms with Crippen LogP contribution in [-0.4, -0.2) is 27.3 Å². The van der Waals surface area contributed by atoms with E-state index in [9.17, 15) is 9.59 Å². The maximum Gasteiger partial charge on any atom is 0.262 e. The average molecular weight is 400 g/mol. The molecular weight excluding hydrogens is 370 g/mol. The number of rotatable bonds is 8. The number of carbonyl (C=O) groups excluding carboxylic acids is 1. The van der Waals surface area contributed by atoms with Crippen molar-refractivity contribution >= 4 is 28.6 Å². The molecule has 2 aromatic rings. The quantitative estimate of drug-likeness (QED) is 0.408. The predicted octanol–water partition coefficient (Wildman–Crippen LogP) is 4.29. The van der Waals surface area contributed by atoms with Crippen molar-refractivity contribution in [2.24, 2.45) is 0 Å². The van der Waals surface area contributed by atoms with Gasteiger partial charge >= 0.3 is 0 Å². The summed E-state index contributed by atoms with van der Waals surface area (Å²) in [7, 11) is 0. The first-order chi connectivity index (χ1) is 13.6. The van der Waals surface area contributed by atoms with Gasteiger partial charge in [-0.05, 0) is 57.6 Å². The fourth-order valence-electron chi connectivity index (χ4n) is 3.39. The molecule has 0 unspecified atom stereocenters. The number of benzene rings is 1. The summed E-state index contributed by atoms with van der Waals surface area (Å²) in [5.74, 6) is 0.237. The monoisotopic (exact) mass is 399 g/mol. The fourth-order valence-corrected chi connectivity index (χ4v) is 4.23. The summed E-state index contributed by atoms with van der Waals surface area (Å²) in [6, 6.07) is 7.58. The third-order valence-corrected chi connectivity index (χ3v) is 6.20. The average Bonchev–Trinajstić information content (AvgIpc) is 2.72. The molecule has 0 fully saturated rings. The SMILES string of the molecule is CC[C@@H](C)NC(=O)CSc1nc2ccccc2c(=O)n1CCC1=CCCCC1. The minimum absolute atomic E-state index is 0.0214. The molecule has 5 nitrogen and oxygen atoms in total. The number of hydrogen-bond acceptors (Lipinski definition) is 4. The van der Waals surface area contributed by atoms with Crippen LogP contribution in [0.4, 0.5) is 0 Å². The Balaban J connectivity index is 1.82. The number of amides is 1. The van der Waals surface area contributed by atoms with Crippen molar-refractivity contribution in [2.75, 3.05) is 5.75 Å². The Kier molecular flexibility index (Phi) is 7.31. The highest BCUT2D eigenvalue weighted by Gasteiger charge is 2.15. The lowest BCUT2D eigenvalue weighted by Crippen LogP contribution is -2.33. The van der Waals surface area contributed by atoms with Crippen molar-refractivity contribution in [3.63, 3.8) is 0 Å². The van der Waals surface area contributed by atoms with Crippen LogP contribution in [0, 0.1) is 0 Å². The number of nitrogens with one attached hydrogen (secondary N) is 1. The molecule has 0 spiro atoms. The number of hydrogen-bond donors (Lipinski definition) is 1. The van der Waals surface area contributed by atoms with Crippen molar-refractivity contribution in [1.29, 1.82) is 0 Å². The van der Waals surface area contributed by atoms with E-state index in [0.29, 0.717) is 22.6 Å². The summed E-state index contributed by atoms with van der Waals surface area (Å²) in [6.45, 7) is 4.64. The summed E-state index contributed by atoms with van der Waals surface area (Å²) in [4.78, 5) is 30.0. The first-order valence-electron chi connectivity index (χ1n) is 10.2. The van der Waals surface area contributed by atoms with Crippen LogP contribution in [0.1, 0.15) is 52.4 Å². The molecule has 1 aliphatic rings. The fraction of sp³-hybridized carbons (Fsp3) is 0.500. The Hall–Kier alpha value is -2.08. The van der Waals surface area contributed by atoms with E-state index in [1.807, 2.05) is 38.1 Å². The molecule has 28 heavy (non-hydrogen) atoms. The number of aromatic nitrogens is 2. The van der Waals surface area contributed by atoms with E-state index < -0.39 is 0 Å². The van der Waals surface area contributed by atoms with Crippen LogP contribution in [0.25, 0.3) is 10.9 Å². The third-order valence-electron chi connectivity index (χ3n) is 5.22. The molecule has 1 heterocycles. The Morgan fingerprint density at radius 2 is 2.14 bits per heavy atom. The number of thioether (sulfide) groups is 1. The van der Waals surface area contributed by atoms with Crippen molar-refractivity contribution < 1.29 is 4.79 Å². The summed E-state index contributed by atoms with van der Waals surface area (Å²) in [5, 5.41) is 4.23. The van der Waals surface area contributed by atoms with Gasteiger partial charge in [0, 0.05) is 12.6 Å². The molecule has 1 aromatic heterocycles. The van der Waals surface area contributed by atoms with Crippen LogP contribution in [0.2, 0.25) is 0 Å². The second-order valence-electron chi connectivity index (χ2n) is 7.39. The molecule has 1 amide bonds. The van der Waals surface area contributed by atoms with Crippen molar-refractivity contribution in [1.82, 2.24) is 14.9 Å². The maximum atomic E-state index is 13.1. The molecule has 0 bridgehead atoms. The van der Waals surface area contributed by atoms with Gasteiger partial charge in [-0.1, -0.05) is 42.5 Å². The zero-order valence-electron chi connectivity index (χ0n) is 16.7. The molecule has 1 atom stereocenters. The Morgan fingerprint density at radius 3 is 2.89 bits per heavy atom. The molecule has 3 rings (SSSR count). The van der Waals surface area contributed by atoms with Crippen molar-refractivity contribution in [3.8, 4) is 0 Å². The second kappa shape index (κ2) is 9.92. The van der Waals surface area contributed by atoms with Crippen LogP contribution in [0.5, 0.6) is 0 Å². The third kappa shape index (κ3) is 5.25. The highest BCUT2D eigenvalue weighted by molar-refractivity contribution is 7.99. The van der Waals surface area contributed by atoms with Crippen LogP contribution in [-0.2, 0) is 11.3 Å². The zero-order valence-corrected chi connectivity index (χ0v) is 17.6. The van der Waals surface area contributed by atoms with Crippen LogP contribution in [0.3, 0.4) is 0 Å². The molecule has 150 valence electrons. The molecule has 1 aromatic carbocycles. The highest BCUT2D eigenvalue weighted by atomic mass is 32.2. The molecular formula is C22H29N3O2S. The summed E-state index contributed by atoms with van der Waals surface area (Å²) < 4.78 is 1.75. The van der Waals surface area contributed by atoms with Gasteiger partial charge in [-0.2, -0.15) is 0 Å². The van der Waals surface area contributed by atoms with Gasteiger partial charge in [0.1, 0.15) is 0 Å². The minimum Gasteiger partial charge on any atom is -0.353 e. The van der Waals surface area contributed by atoms with Crippen LogP contribution < -0.4 is 10.9 Å². The molecule has 0 saturated carbocycles. The van der Waals surface area contributed by atoms with Gasteiger partial charge in [-0.3, -0.25) is 14.2 Å². The first kappa shape index (κ1) is 20.6. The highest BCUT2D eigenvalue weighted by Crippen LogP contribution is 2.23. The standard InChI is InChI=1S/C22H29N3O2S/c1-3-16(2)23-20(26)15-28-22-24-19-12-8-7-11-18(19)21(27)25(22)14-13-17-9-5-4-6-10-17/h7-9,11-12,16H,3-6,10,13-15H2,1-2H3,(H,23,26)/t16-/m1/s1. The Morgan fingerprint density at radius 1 is 1.32 bits per heavy atom. The van der Waals surface area contributed by atoms with E-state index in [2.05, 4.69) is 11.4 Å². The number of nitrogens with zero attached hydrogens (tertiary/aromatic N) is 2. The number of allylic oxidation sites excluding steroid dienone is 2. The van der Waals surface area contributed by atoms with Gasteiger partial charge in [-0.15, -0.1) is 0 Å². The van der Waals surface area contributed by atoms with Gasteiger partial charge in [-0.25, -0.2) is 4.98 Å². The lowest BCUT2D eigenvalue weighted by molar-refractivity contribution is -0.119. The Bertz CT molecular complexity index is 920. The summed E-state index contributed by atoms with van der Waals surface area (Å²) >= 11 is 1.34. The molecule has 1 N–H and O–H groups in total. The summed E-state index contributed by atoms with van der Waals surface area (Å²) in [5.41, 5.74) is 2.09. The van der Waals surface area contributed by atoms with Crippen LogP contribution >= 0.6 is 11.8 Å². The van der Waals surface area contributed by atoms with E-state index in [-0.39, 0.29) is 23.3 Å². The van der Waals surface area contributed by atoms with Crippen molar-refractivity contribution in [2.45, 2.75) is 70.1 Å². The van der Waals surface area contributed by atoms with Gasteiger partial charge < -0.3 is 5.32 Å². The topological polar surface area (TPSA) is 64.0 Å². The predicted molar refractivity (Wildman–Crippen MR) is 116 cm³/mol. The largest absolute Gasteiger partial charge is 0.353 e. The molecule has 1 aliphatic carbocycles. The normalized spacial score (nSPS) is 15.3. The van der Waals surface area contributed by atoms with Crippen molar-refractivity contribution in [3.05, 3.63) is 46.3 Å². The van der Waals surface area contributed by atoms with E-state index in [1.54, 1.807) is 4.57 Å². The number of para-hydroxylation sites is 1. The lowest BCUT2D eigenvalue weighted by atomic mass is 9.97.